The van der Waals surface area contributed by atoms with Crippen LogP contribution in [-0.4, -0.2) is 32.8 Å². The Kier molecular flexibility index (Phi) is 5.14. The largest absolute Gasteiger partial charge is 0.341 e. The molecule has 1 saturated heterocycles. The van der Waals surface area contributed by atoms with Crippen LogP contribution in [0.25, 0.3) is 11.3 Å². The zero-order valence-electron chi connectivity index (χ0n) is 15.8. The molecule has 0 radical (unpaired) electrons. The van der Waals surface area contributed by atoms with Gasteiger partial charge in [-0.2, -0.15) is 5.10 Å². The molecule has 0 unspecified atom stereocenters. The van der Waals surface area contributed by atoms with E-state index in [9.17, 15) is 9.18 Å². The van der Waals surface area contributed by atoms with Crippen molar-refractivity contribution < 1.29 is 4.39 Å². The Morgan fingerprint density at radius 3 is 2.54 bits per heavy atom. The fourth-order valence-electron chi connectivity index (χ4n) is 3.50. The second kappa shape index (κ2) is 7.88. The molecule has 0 amide bonds. The quantitative estimate of drug-likeness (QED) is 0.697. The van der Waals surface area contributed by atoms with Gasteiger partial charge in [-0.05, 0) is 62.1 Å². The Bertz CT molecular complexity index is 1010. The molecule has 1 aromatic carbocycles. The molecule has 0 N–H and O–H groups in total. The molecule has 3 aromatic rings. The average molecular weight is 379 g/mol. The van der Waals surface area contributed by atoms with Crippen LogP contribution in [0.2, 0.25) is 0 Å². The predicted molar refractivity (Wildman–Crippen MR) is 106 cm³/mol. The number of aromatic nitrogens is 4. The Labute approximate surface area is 162 Å². The molecule has 1 aliphatic heterocycles. The van der Waals surface area contributed by atoms with Crippen LogP contribution in [0.1, 0.15) is 18.5 Å². The third-order valence-corrected chi connectivity index (χ3v) is 5.12. The topological polar surface area (TPSA) is 63.9 Å². The number of piperidine rings is 1. The Hall–Kier alpha value is -3.09. The number of nitrogens with zero attached hydrogens (tertiary/aromatic N) is 5. The van der Waals surface area contributed by atoms with Gasteiger partial charge in [0.15, 0.2) is 0 Å². The minimum absolute atomic E-state index is 0.115. The number of rotatable bonds is 4. The van der Waals surface area contributed by atoms with Crippen LogP contribution < -0.4 is 10.5 Å². The molecule has 144 valence electrons. The molecule has 3 heterocycles. The summed E-state index contributed by atoms with van der Waals surface area (Å²) in [5, 5.41) is 4.50. The summed E-state index contributed by atoms with van der Waals surface area (Å²) in [5.74, 6) is 0.850. The van der Waals surface area contributed by atoms with E-state index in [1.807, 2.05) is 13.0 Å². The highest BCUT2D eigenvalue weighted by Gasteiger charge is 2.22. The molecule has 0 atom stereocenters. The first-order valence-electron chi connectivity index (χ1n) is 9.47. The van der Waals surface area contributed by atoms with Gasteiger partial charge in [-0.1, -0.05) is 0 Å². The van der Waals surface area contributed by atoms with Crippen molar-refractivity contribution in [3.05, 3.63) is 70.5 Å². The van der Waals surface area contributed by atoms with E-state index in [1.54, 1.807) is 24.4 Å². The second-order valence-corrected chi connectivity index (χ2v) is 7.17. The van der Waals surface area contributed by atoms with E-state index in [0.717, 1.165) is 43.1 Å². The van der Waals surface area contributed by atoms with Gasteiger partial charge >= 0.3 is 0 Å². The van der Waals surface area contributed by atoms with Gasteiger partial charge in [0.05, 0.1) is 5.69 Å². The zero-order valence-corrected chi connectivity index (χ0v) is 15.8. The van der Waals surface area contributed by atoms with Crippen molar-refractivity contribution in [3.8, 4) is 11.3 Å². The maximum atomic E-state index is 13.1. The average Bonchev–Trinajstić information content (AvgIpc) is 2.71. The number of anilines is 1. The highest BCUT2D eigenvalue weighted by Crippen LogP contribution is 2.22. The van der Waals surface area contributed by atoms with Crippen LogP contribution in [0.3, 0.4) is 0 Å². The van der Waals surface area contributed by atoms with E-state index in [4.69, 9.17) is 0 Å². The van der Waals surface area contributed by atoms with Crippen LogP contribution >= 0.6 is 0 Å². The van der Waals surface area contributed by atoms with Crippen molar-refractivity contribution >= 4 is 5.95 Å². The highest BCUT2D eigenvalue weighted by atomic mass is 19.1. The van der Waals surface area contributed by atoms with Gasteiger partial charge in [0, 0.05) is 43.2 Å². The lowest BCUT2D eigenvalue weighted by Gasteiger charge is -2.32. The minimum atomic E-state index is -0.290. The van der Waals surface area contributed by atoms with Crippen molar-refractivity contribution in [2.45, 2.75) is 26.3 Å². The minimum Gasteiger partial charge on any atom is -0.341 e. The second-order valence-electron chi connectivity index (χ2n) is 7.17. The zero-order chi connectivity index (χ0) is 19.5. The van der Waals surface area contributed by atoms with Gasteiger partial charge in [0.2, 0.25) is 5.95 Å². The molecule has 0 spiro atoms. The maximum Gasteiger partial charge on any atom is 0.266 e. The van der Waals surface area contributed by atoms with Crippen LogP contribution in [0, 0.1) is 18.7 Å². The summed E-state index contributed by atoms with van der Waals surface area (Å²) in [5.41, 5.74) is 2.31. The molecule has 0 aliphatic carbocycles. The van der Waals surface area contributed by atoms with Crippen molar-refractivity contribution in [2.24, 2.45) is 5.92 Å². The summed E-state index contributed by atoms with van der Waals surface area (Å²) >= 11 is 0. The van der Waals surface area contributed by atoms with E-state index in [-0.39, 0.29) is 11.4 Å². The SMILES string of the molecule is Cc1ccnc(N2CCC(Cn3nc(-c4ccc(F)cc4)ccc3=O)CC2)n1. The molecule has 7 heteroatoms. The molecule has 0 bridgehead atoms. The van der Waals surface area contributed by atoms with Crippen LogP contribution in [-0.2, 0) is 6.54 Å². The smallest absolute Gasteiger partial charge is 0.266 e. The molecular formula is C21H22FN5O. The number of hydrogen-bond donors (Lipinski definition) is 0. The maximum absolute atomic E-state index is 13.1. The van der Waals surface area contributed by atoms with Gasteiger partial charge in [0.25, 0.3) is 5.56 Å². The first-order valence-corrected chi connectivity index (χ1v) is 9.47. The summed E-state index contributed by atoms with van der Waals surface area (Å²) in [4.78, 5) is 23.3. The molecule has 0 saturated carbocycles. The number of aryl methyl sites for hydroxylation is 1. The number of halogens is 1. The van der Waals surface area contributed by atoms with Crippen LogP contribution in [0.5, 0.6) is 0 Å². The third-order valence-electron chi connectivity index (χ3n) is 5.12. The van der Waals surface area contributed by atoms with Crippen molar-refractivity contribution in [1.29, 1.82) is 0 Å². The predicted octanol–water partition coefficient (Wildman–Crippen LogP) is 3.06. The van der Waals surface area contributed by atoms with Crippen molar-refractivity contribution in [2.75, 3.05) is 18.0 Å². The molecule has 28 heavy (non-hydrogen) atoms. The molecule has 2 aromatic heterocycles. The fraction of sp³-hybridized carbons (Fsp3) is 0.333. The lowest BCUT2D eigenvalue weighted by atomic mass is 9.97. The van der Waals surface area contributed by atoms with E-state index >= 15 is 0 Å². The molecule has 1 fully saturated rings. The van der Waals surface area contributed by atoms with E-state index in [2.05, 4.69) is 20.0 Å². The Morgan fingerprint density at radius 1 is 1.07 bits per heavy atom. The molecular weight excluding hydrogens is 357 g/mol. The van der Waals surface area contributed by atoms with Gasteiger partial charge < -0.3 is 4.90 Å². The standard InChI is InChI=1S/C21H22FN5O/c1-15-8-11-23-21(24-15)26-12-9-16(10-13-26)14-27-20(28)7-6-19(25-27)17-2-4-18(22)5-3-17/h2-8,11,16H,9-10,12-14H2,1H3. The molecule has 6 nitrogen and oxygen atoms in total. The summed E-state index contributed by atoms with van der Waals surface area (Å²) < 4.78 is 14.7. The summed E-state index contributed by atoms with van der Waals surface area (Å²) in [6.07, 6.45) is 3.69. The lowest BCUT2D eigenvalue weighted by molar-refractivity contribution is 0.334. The van der Waals surface area contributed by atoms with E-state index in [1.165, 1.54) is 22.9 Å². The molecule has 1 aliphatic rings. The Morgan fingerprint density at radius 2 is 1.82 bits per heavy atom. The van der Waals surface area contributed by atoms with Gasteiger partial charge in [-0.15, -0.1) is 0 Å². The Balaban J connectivity index is 1.44. The highest BCUT2D eigenvalue weighted by molar-refractivity contribution is 5.57. The normalized spacial score (nSPS) is 15.0. The monoisotopic (exact) mass is 379 g/mol. The summed E-state index contributed by atoms with van der Waals surface area (Å²) in [6.45, 7) is 4.27. The summed E-state index contributed by atoms with van der Waals surface area (Å²) in [6, 6.07) is 11.2. The van der Waals surface area contributed by atoms with Gasteiger partial charge in [0.1, 0.15) is 5.82 Å². The third kappa shape index (κ3) is 4.08. The number of hydrogen-bond acceptors (Lipinski definition) is 5. The van der Waals surface area contributed by atoms with E-state index in [0.29, 0.717) is 18.2 Å². The van der Waals surface area contributed by atoms with Gasteiger partial charge in [-0.25, -0.2) is 19.0 Å². The van der Waals surface area contributed by atoms with Crippen molar-refractivity contribution in [1.82, 2.24) is 19.7 Å². The van der Waals surface area contributed by atoms with Crippen molar-refractivity contribution in [3.63, 3.8) is 0 Å². The first kappa shape index (κ1) is 18.3. The number of benzene rings is 1. The first-order chi connectivity index (χ1) is 13.6. The summed E-state index contributed by atoms with van der Waals surface area (Å²) in [7, 11) is 0. The van der Waals surface area contributed by atoms with Crippen LogP contribution in [0.15, 0.2) is 53.5 Å². The molecule has 4 rings (SSSR count). The lowest BCUT2D eigenvalue weighted by Crippen LogP contribution is -2.37. The van der Waals surface area contributed by atoms with Gasteiger partial charge in [-0.3, -0.25) is 4.79 Å². The van der Waals surface area contributed by atoms with E-state index < -0.39 is 0 Å². The van der Waals surface area contributed by atoms with Crippen LogP contribution in [0.4, 0.5) is 10.3 Å². The fourth-order valence-corrected chi connectivity index (χ4v) is 3.50.